The van der Waals surface area contributed by atoms with Crippen molar-refractivity contribution in [2.24, 2.45) is 0 Å². The number of rotatable bonds is 8. The molecule has 0 saturated heterocycles. The molecule has 0 saturated carbocycles. The summed E-state index contributed by atoms with van der Waals surface area (Å²) in [6, 6.07) is 11.3. The van der Waals surface area contributed by atoms with Crippen molar-refractivity contribution in [3.05, 3.63) is 52.0 Å². The number of nitrogens with one attached hydrogen (secondary N) is 1. The quantitative estimate of drug-likeness (QED) is 0.773. The average Bonchev–Trinajstić information content (AvgIpc) is 2.91. The fourth-order valence-corrected chi connectivity index (χ4v) is 3.49. The Morgan fingerprint density at radius 2 is 1.95 bits per heavy atom. The predicted octanol–water partition coefficient (Wildman–Crippen LogP) is 4.56. The molecule has 2 unspecified atom stereocenters. The minimum Gasteiger partial charge on any atom is -0.313 e. The maximum Gasteiger partial charge on any atom is 0.0897 e. The Hall–Kier alpha value is -1.19. The number of aromatic nitrogens is 1. The fraction of sp³-hybridized carbons (Fsp3) is 0.500. The number of nitrogens with zero attached hydrogens (tertiary/aromatic N) is 1. The number of hydrogen-bond acceptors (Lipinski definition) is 3. The van der Waals surface area contributed by atoms with Crippen LogP contribution in [0.4, 0.5) is 0 Å². The predicted molar refractivity (Wildman–Crippen MR) is 92.1 cm³/mol. The van der Waals surface area contributed by atoms with E-state index >= 15 is 0 Å². The molecule has 1 aromatic heterocycles. The van der Waals surface area contributed by atoms with Gasteiger partial charge in [-0.2, -0.15) is 0 Å². The Bertz CT molecular complexity index is 521. The molecule has 1 aromatic carbocycles. The molecule has 0 aliphatic rings. The zero-order valence-electron chi connectivity index (χ0n) is 13.3. The van der Waals surface area contributed by atoms with E-state index in [9.17, 15) is 0 Å². The Kier molecular flexibility index (Phi) is 6.40. The molecule has 114 valence electrons. The van der Waals surface area contributed by atoms with Gasteiger partial charge in [0.15, 0.2) is 0 Å². The first-order valence-corrected chi connectivity index (χ1v) is 8.81. The molecule has 2 rings (SSSR count). The first-order valence-electron chi connectivity index (χ1n) is 7.93. The summed E-state index contributed by atoms with van der Waals surface area (Å²) >= 11 is 1.75. The van der Waals surface area contributed by atoms with Crippen LogP contribution in [0, 0.1) is 6.92 Å². The van der Waals surface area contributed by atoms with Crippen molar-refractivity contribution in [3.63, 3.8) is 0 Å². The molecule has 2 aromatic rings. The SMILES string of the molecule is CCCNC(Cc1csc(C)n1)C(CC)c1ccccc1. The highest BCUT2D eigenvalue weighted by Gasteiger charge is 2.22. The standard InChI is InChI=1S/C18H26N2S/c1-4-11-19-18(12-16-13-21-14(3)20-16)17(5-2)15-9-7-6-8-10-15/h6-10,13,17-19H,4-5,11-12H2,1-3H3. The second-order valence-corrected chi connectivity index (χ2v) is 6.61. The largest absolute Gasteiger partial charge is 0.313 e. The van der Waals surface area contributed by atoms with Gasteiger partial charge in [-0.1, -0.05) is 44.2 Å². The normalized spacial score (nSPS) is 14.0. The molecule has 0 spiro atoms. The zero-order chi connectivity index (χ0) is 15.1. The molecular formula is C18H26N2S. The van der Waals surface area contributed by atoms with Crippen LogP contribution < -0.4 is 5.32 Å². The highest BCUT2D eigenvalue weighted by molar-refractivity contribution is 7.09. The number of thiazole rings is 1. The highest BCUT2D eigenvalue weighted by atomic mass is 32.1. The minimum absolute atomic E-state index is 0.457. The second-order valence-electron chi connectivity index (χ2n) is 5.55. The molecule has 1 N–H and O–H groups in total. The lowest BCUT2D eigenvalue weighted by Gasteiger charge is -2.27. The molecule has 21 heavy (non-hydrogen) atoms. The lowest BCUT2D eigenvalue weighted by atomic mass is 9.86. The topological polar surface area (TPSA) is 24.9 Å². The summed E-state index contributed by atoms with van der Waals surface area (Å²) < 4.78 is 0. The number of hydrogen-bond donors (Lipinski definition) is 1. The van der Waals surface area contributed by atoms with E-state index in [2.05, 4.69) is 66.8 Å². The van der Waals surface area contributed by atoms with Gasteiger partial charge < -0.3 is 5.32 Å². The Balaban J connectivity index is 2.16. The molecule has 2 nitrogen and oxygen atoms in total. The van der Waals surface area contributed by atoms with Gasteiger partial charge in [-0.15, -0.1) is 11.3 Å². The number of aryl methyl sites for hydroxylation is 1. The van der Waals surface area contributed by atoms with E-state index < -0.39 is 0 Å². The summed E-state index contributed by atoms with van der Waals surface area (Å²) in [5.74, 6) is 0.541. The van der Waals surface area contributed by atoms with E-state index in [1.54, 1.807) is 11.3 Å². The molecule has 0 bridgehead atoms. The third-order valence-corrected chi connectivity index (χ3v) is 4.73. The van der Waals surface area contributed by atoms with Gasteiger partial charge in [0, 0.05) is 17.8 Å². The van der Waals surface area contributed by atoms with E-state index in [1.807, 2.05) is 0 Å². The summed E-state index contributed by atoms with van der Waals surface area (Å²) in [7, 11) is 0. The van der Waals surface area contributed by atoms with Crippen molar-refractivity contribution in [1.29, 1.82) is 0 Å². The average molecular weight is 302 g/mol. The summed E-state index contributed by atoms with van der Waals surface area (Å²) in [6.07, 6.45) is 3.32. The van der Waals surface area contributed by atoms with Gasteiger partial charge in [0.1, 0.15) is 0 Å². The van der Waals surface area contributed by atoms with Gasteiger partial charge in [-0.3, -0.25) is 0 Å². The van der Waals surface area contributed by atoms with Gasteiger partial charge in [0.25, 0.3) is 0 Å². The van der Waals surface area contributed by atoms with Gasteiger partial charge in [0.05, 0.1) is 10.7 Å². The van der Waals surface area contributed by atoms with E-state index in [-0.39, 0.29) is 0 Å². The lowest BCUT2D eigenvalue weighted by Crippen LogP contribution is -2.37. The van der Waals surface area contributed by atoms with E-state index in [0.717, 1.165) is 30.8 Å². The van der Waals surface area contributed by atoms with Crippen molar-refractivity contribution in [2.75, 3.05) is 6.54 Å². The summed E-state index contributed by atoms with van der Waals surface area (Å²) in [6.45, 7) is 7.65. The monoisotopic (exact) mass is 302 g/mol. The fourth-order valence-electron chi connectivity index (χ4n) is 2.87. The van der Waals surface area contributed by atoms with Crippen molar-refractivity contribution >= 4 is 11.3 Å². The van der Waals surface area contributed by atoms with Gasteiger partial charge in [-0.05, 0) is 37.8 Å². The molecule has 1 heterocycles. The molecular weight excluding hydrogens is 276 g/mol. The molecule has 0 fully saturated rings. The van der Waals surface area contributed by atoms with E-state index in [4.69, 9.17) is 0 Å². The van der Waals surface area contributed by atoms with Crippen LogP contribution in [0.15, 0.2) is 35.7 Å². The number of benzene rings is 1. The molecule has 0 aliphatic heterocycles. The molecule has 3 heteroatoms. The smallest absolute Gasteiger partial charge is 0.0897 e. The van der Waals surface area contributed by atoms with Crippen LogP contribution in [0.2, 0.25) is 0 Å². The molecule has 0 radical (unpaired) electrons. The Labute approximate surface area is 132 Å². The Morgan fingerprint density at radius 1 is 1.19 bits per heavy atom. The first kappa shape index (κ1) is 16.2. The van der Waals surface area contributed by atoms with Crippen molar-refractivity contribution in [1.82, 2.24) is 10.3 Å². The third-order valence-electron chi connectivity index (χ3n) is 3.91. The summed E-state index contributed by atoms with van der Waals surface area (Å²) in [5, 5.41) is 7.10. The van der Waals surface area contributed by atoms with Crippen LogP contribution in [-0.2, 0) is 6.42 Å². The third kappa shape index (κ3) is 4.65. The summed E-state index contributed by atoms with van der Waals surface area (Å²) in [4.78, 5) is 4.65. The maximum atomic E-state index is 4.65. The van der Waals surface area contributed by atoms with Gasteiger partial charge in [-0.25, -0.2) is 4.98 Å². The van der Waals surface area contributed by atoms with Crippen LogP contribution in [0.5, 0.6) is 0 Å². The maximum absolute atomic E-state index is 4.65. The highest BCUT2D eigenvalue weighted by Crippen LogP contribution is 2.26. The minimum atomic E-state index is 0.457. The van der Waals surface area contributed by atoms with Crippen LogP contribution in [0.3, 0.4) is 0 Å². The van der Waals surface area contributed by atoms with Crippen molar-refractivity contribution in [3.8, 4) is 0 Å². The van der Waals surface area contributed by atoms with Crippen molar-refractivity contribution < 1.29 is 0 Å². The molecule has 2 atom stereocenters. The van der Waals surface area contributed by atoms with Crippen LogP contribution in [0.25, 0.3) is 0 Å². The van der Waals surface area contributed by atoms with Crippen LogP contribution in [0.1, 0.15) is 48.9 Å². The van der Waals surface area contributed by atoms with E-state index in [0.29, 0.717) is 12.0 Å². The summed E-state index contributed by atoms with van der Waals surface area (Å²) in [5.41, 5.74) is 2.65. The lowest BCUT2D eigenvalue weighted by molar-refractivity contribution is 0.417. The molecule has 0 amide bonds. The first-order chi connectivity index (χ1) is 10.2. The van der Waals surface area contributed by atoms with Gasteiger partial charge >= 0.3 is 0 Å². The van der Waals surface area contributed by atoms with E-state index in [1.165, 1.54) is 11.3 Å². The zero-order valence-corrected chi connectivity index (χ0v) is 14.1. The second kappa shape index (κ2) is 8.30. The van der Waals surface area contributed by atoms with Crippen molar-refractivity contribution in [2.45, 2.75) is 52.0 Å². The molecule has 0 aliphatic carbocycles. The Morgan fingerprint density at radius 3 is 2.52 bits per heavy atom. The van der Waals surface area contributed by atoms with Crippen LogP contribution in [-0.4, -0.2) is 17.6 Å². The van der Waals surface area contributed by atoms with Gasteiger partial charge in [0.2, 0.25) is 0 Å². The van der Waals surface area contributed by atoms with Crippen LogP contribution >= 0.6 is 11.3 Å².